The van der Waals surface area contributed by atoms with Gasteiger partial charge in [0, 0.05) is 0 Å². The van der Waals surface area contributed by atoms with Gasteiger partial charge in [-0.3, -0.25) is 0 Å². The Balaban J connectivity index is 3.00. The van der Waals surface area contributed by atoms with E-state index in [-0.39, 0.29) is 0 Å². The van der Waals surface area contributed by atoms with Gasteiger partial charge in [0.15, 0.2) is 0 Å². The highest BCUT2D eigenvalue weighted by molar-refractivity contribution is 6.64. The van der Waals surface area contributed by atoms with Gasteiger partial charge in [0.1, 0.15) is 13.3 Å². The van der Waals surface area contributed by atoms with Crippen molar-refractivity contribution >= 4 is 13.3 Å². The van der Waals surface area contributed by atoms with Crippen LogP contribution in [0.2, 0.25) is 0 Å². The molecule has 0 aromatic carbocycles. The van der Waals surface area contributed by atoms with Gasteiger partial charge >= 0.3 is 0 Å². The highest BCUT2D eigenvalue weighted by Gasteiger charge is 1.83. The SMILES string of the molecule is COC(=O)[B-][NH2+]N. The lowest BCUT2D eigenvalue weighted by Gasteiger charge is -2.01. The number of hydrogen-bond donors (Lipinski definition) is 2. The first-order valence-corrected chi connectivity index (χ1v) is 1.77. The Hall–Kier alpha value is -0.545. The molecule has 0 spiro atoms. The van der Waals surface area contributed by atoms with Crippen molar-refractivity contribution < 1.29 is 14.9 Å². The highest BCUT2D eigenvalue weighted by Crippen LogP contribution is 1.63. The molecular formula is C2H7BN2O2. The summed E-state index contributed by atoms with van der Waals surface area (Å²) in [5.41, 5.74) is 0. The molecule has 0 amide bonds. The third kappa shape index (κ3) is 3.28. The lowest BCUT2D eigenvalue weighted by Crippen LogP contribution is -2.95. The van der Waals surface area contributed by atoms with E-state index in [9.17, 15) is 4.79 Å². The third-order valence-electron chi connectivity index (χ3n) is 0.433. The zero-order valence-electron chi connectivity index (χ0n) is 4.05. The number of quaternary nitrogens is 1. The van der Waals surface area contributed by atoms with Gasteiger partial charge in [0.25, 0.3) is 0 Å². The number of hydrogen-bond acceptors (Lipinski definition) is 3. The summed E-state index contributed by atoms with van der Waals surface area (Å²) in [6, 6.07) is 0. The minimum Gasteiger partial charge on any atom is -0.503 e. The summed E-state index contributed by atoms with van der Waals surface area (Å²) in [4.78, 5) is 10.0. The minimum atomic E-state index is -0.428. The van der Waals surface area contributed by atoms with Gasteiger partial charge in [-0.1, -0.05) is 0 Å². The molecule has 7 heavy (non-hydrogen) atoms. The van der Waals surface area contributed by atoms with Gasteiger partial charge in [0.05, 0.1) is 7.11 Å². The summed E-state index contributed by atoms with van der Waals surface area (Å²) < 4.78 is 4.18. The highest BCUT2D eigenvalue weighted by atomic mass is 16.5. The Morgan fingerprint density at radius 1 is 2.00 bits per heavy atom. The van der Waals surface area contributed by atoms with Gasteiger partial charge in [-0.2, -0.15) is 0 Å². The van der Waals surface area contributed by atoms with E-state index in [4.69, 9.17) is 5.84 Å². The summed E-state index contributed by atoms with van der Waals surface area (Å²) in [7, 11) is 2.43. The van der Waals surface area contributed by atoms with Crippen LogP contribution in [0.15, 0.2) is 0 Å². The van der Waals surface area contributed by atoms with E-state index < -0.39 is 5.87 Å². The van der Waals surface area contributed by atoms with Gasteiger partial charge in [-0.05, 0) is 0 Å². The number of methoxy groups -OCH3 is 1. The van der Waals surface area contributed by atoms with Crippen molar-refractivity contribution in [2.75, 3.05) is 7.11 Å². The molecule has 0 atom stereocenters. The molecule has 0 rings (SSSR count). The van der Waals surface area contributed by atoms with Crippen LogP contribution in [0.1, 0.15) is 0 Å². The molecule has 40 valence electrons. The number of nitrogens with two attached hydrogens (primary N) is 2. The zero-order chi connectivity index (χ0) is 5.70. The van der Waals surface area contributed by atoms with Crippen LogP contribution in [0.4, 0.5) is 4.79 Å². The fraction of sp³-hybridized carbons (Fsp3) is 0.500. The number of carbonyl (C=O) groups excluding carboxylic acids is 1. The molecule has 5 heteroatoms. The molecule has 2 radical (unpaired) electrons. The quantitative estimate of drug-likeness (QED) is 0.236. The van der Waals surface area contributed by atoms with Crippen molar-refractivity contribution in [3.63, 3.8) is 0 Å². The van der Waals surface area contributed by atoms with E-state index in [2.05, 4.69) is 4.74 Å². The largest absolute Gasteiger partial charge is 0.503 e. The molecule has 0 aromatic heterocycles. The first-order valence-electron chi connectivity index (χ1n) is 1.77. The summed E-state index contributed by atoms with van der Waals surface area (Å²) in [5.74, 6) is 4.40. The summed E-state index contributed by atoms with van der Waals surface area (Å²) >= 11 is 0. The third-order valence-corrected chi connectivity index (χ3v) is 0.433. The smallest absolute Gasteiger partial charge is 0.149 e. The fourth-order valence-corrected chi connectivity index (χ4v) is 0.147. The van der Waals surface area contributed by atoms with Crippen molar-refractivity contribution in [2.24, 2.45) is 5.84 Å². The average Bonchev–Trinajstić information content (AvgIpc) is 1.68. The maximum Gasteiger partial charge on any atom is 0.149 e. The maximum absolute atomic E-state index is 10.0. The number of rotatable bonds is 2. The second-order valence-electron chi connectivity index (χ2n) is 0.882. The van der Waals surface area contributed by atoms with Crippen molar-refractivity contribution in [1.82, 2.24) is 0 Å². The molecule has 4 nitrogen and oxygen atoms in total. The summed E-state index contributed by atoms with van der Waals surface area (Å²) in [6.45, 7) is 0. The molecule has 0 bridgehead atoms. The first kappa shape index (κ1) is 6.45. The second kappa shape index (κ2) is 3.64. The van der Waals surface area contributed by atoms with Crippen molar-refractivity contribution in [3.05, 3.63) is 0 Å². The van der Waals surface area contributed by atoms with E-state index in [1.165, 1.54) is 7.11 Å². The molecule has 0 aliphatic heterocycles. The Morgan fingerprint density at radius 3 is 2.71 bits per heavy atom. The molecule has 0 aliphatic carbocycles. The molecule has 4 N–H and O–H groups in total. The van der Waals surface area contributed by atoms with Gasteiger partial charge in [0.2, 0.25) is 0 Å². The Morgan fingerprint density at radius 2 is 2.57 bits per heavy atom. The number of ether oxygens (including phenoxy) is 1. The van der Waals surface area contributed by atoms with Crippen molar-refractivity contribution in [3.8, 4) is 0 Å². The summed E-state index contributed by atoms with van der Waals surface area (Å²) in [5, 5.41) is 1.13. The fourth-order valence-electron chi connectivity index (χ4n) is 0.147. The molecule has 0 aliphatic rings. The standard InChI is InChI=1S/C2H7BN2O2/c1-7-2(6)3-5-4/h4-5H2,1H3. The van der Waals surface area contributed by atoms with Crippen LogP contribution in [0.5, 0.6) is 0 Å². The lowest BCUT2D eigenvalue weighted by atomic mass is 9.98. The molecule has 0 fully saturated rings. The van der Waals surface area contributed by atoms with E-state index in [1.54, 1.807) is 0 Å². The van der Waals surface area contributed by atoms with Crippen LogP contribution in [0, 0.1) is 0 Å². The molecule has 0 aromatic rings. The normalized spacial score (nSPS) is 8.29. The molecule has 0 saturated carbocycles. The Labute approximate surface area is 42.2 Å². The van der Waals surface area contributed by atoms with Crippen LogP contribution in [-0.4, -0.2) is 20.4 Å². The predicted octanol–water partition coefficient (Wildman–Crippen LogP) is -2.19. The van der Waals surface area contributed by atoms with Crippen LogP contribution in [0.25, 0.3) is 0 Å². The van der Waals surface area contributed by atoms with Crippen LogP contribution < -0.4 is 11.2 Å². The predicted molar refractivity (Wildman–Crippen MR) is 24.3 cm³/mol. The van der Waals surface area contributed by atoms with E-state index >= 15 is 0 Å². The van der Waals surface area contributed by atoms with Gasteiger partial charge in [-0.25, -0.2) is 5.84 Å². The lowest BCUT2D eigenvalue weighted by molar-refractivity contribution is -0.524. The van der Waals surface area contributed by atoms with E-state index in [0.717, 1.165) is 12.8 Å². The topological polar surface area (TPSA) is 68.9 Å². The Kier molecular flexibility index (Phi) is 3.35. The van der Waals surface area contributed by atoms with Crippen molar-refractivity contribution in [2.45, 2.75) is 0 Å². The number of carbonyl (C=O) groups is 1. The van der Waals surface area contributed by atoms with Gasteiger partial charge < -0.3 is 14.9 Å². The van der Waals surface area contributed by atoms with E-state index in [1.807, 2.05) is 0 Å². The minimum absolute atomic E-state index is 0.428. The second-order valence-corrected chi connectivity index (χ2v) is 0.882. The zero-order valence-corrected chi connectivity index (χ0v) is 4.05. The summed E-state index contributed by atoms with van der Waals surface area (Å²) in [6.07, 6.45) is 0. The first-order chi connectivity index (χ1) is 3.31. The van der Waals surface area contributed by atoms with Crippen LogP contribution in [0.3, 0.4) is 0 Å². The molecule has 0 saturated heterocycles. The monoisotopic (exact) mass is 102 g/mol. The average molecular weight is 102 g/mol. The Bertz CT molecular complexity index is 66.7. The van der Waals surface area contributed by atoms with Crippen molar-refractivity contribution in [1.29, 1.82) is 0 Å². The maximum atomic E-state index is 10.0. The van der Waals surface area contributed by atoms with Crippen LogP contribution in [-0.2, 0) is 4.74 Å². The molecular weight excluding hydrogens is 94.8 g/mol. The molecule has 0 unspecified atom stereocenters. The van der Waals surface area contributed by atoms with E-state index in [0.29, 0.717) is 0 Å². The molecule has 0 heterocycles. The van der Waals surface area contributed by atoms with Gasteiger partial charge in [-0.15, -0.1) is 0 Å². The van der Waals surface area contributed by atoms with Crippen LogP contribution >= 0.6 is 0 Å².